The summed E-state index contributed by atoms with van der Waals surface area (Å²) in [6, 6.07) is 9.32. The Kier molecular flexibility index (Phi) is 5.95. The number of halogens is 1. The number of hydrogen-bond donors (Lipinski definition) is 0. The normalized spacial score (nSPS) is 13.8. The summed E-state index contributed by atoms with van der Waals surface area (Å²) in [5, 5.41) is 11.4. The Morgan fingerprint density at radius 1 is 1.18 bits per heavy atom. The van der Waals surface area contributed by atoms with Crippen molar-refractivity contribution >= 4 is 23.1 Å². The van der Waals surface area contributed by atoms with E-state index >= 15 is 0 Å². The maximum absolute atomic E-state index is 13.6. The van der Waals surface area contributed by atoms with Crippen LogP contribution >= 0.6 is 0 Å². The second-order valence-corrected chi connectivity index (χ2v) is 6.04. The van der Waals surface area contributed by atoms with Gasteiger partial charge in [-0.2, -0.15) is 0 Å². The number of anilines is 1. The molecule has 0 aromatic heterocycles. The molecular weight excluding hydrogens is 371 g/mol. The van der Waals surface area contributed by atoms with Crippen molar-refractivity contribution in [2.75, 3.05) is 37.8 Å². The summed E-state index contributed by atoms with van der Waals surface area (Å²) in [6.45, 7) is 1.25. The monoisotopic (exact) mass is 388 g/mol. The zero-order valence-corrected chi connectivity index (χ0v) is 14.8. The Balaban J connectivity index is 1.73. The minimum atomic E-state index is -0.902. The molecule has 146 valence electrons. The van der Waals surface area contributed by atoms with E-state index in [0.717, 1.165) is 12.1 Å². The number of nitro groups is 1. The van der Waals surface area contributed by atoms with Gasteiger partial charge in [-0.1, -0.05) is 12.1 Å². The number of ether oxygens (including phenoxy) is 2. The summed E-state index contributed by atoms with van der Waals surface area (Å²) in [7, 11) is 0. The van der Waals surface area contributed by atoms with E-state index in [0.29, 0.717) is 32.0 Å². The summed E-state index contributed by atoms with van der Waals surface area (Å²) >= 11 is 0. The van der Waals surface area contributed by atoms with Crippen molar-refractivity contribution in [3.63, 3.8) is 0 Å². The number of ketones is 1. The summed E-state index contributed by atoms with van der Waals surface area (Å²) in [6.07, 6.45) is 0. The van der Waals surface area contributed by atoms with E-state index in [-0.39, 0.29) is 16.8 Å². The predicted octanol–water partition coefficient (Wildman–Crippen LogP) is 2.61. The highest BCUT2D eigenvalue weighted by Gasteiger charge is 2.24. The van der Waals surface area contributed by atoms with E-state index < -0.39 is 29.1 Å². The molecule has 2 aromatic rings. The van der Waals surface area contributed by atoms with Crippen molar-refractivity contribution in [3.8, 4) is 0 Å². The van der Waals surface area contributed by atoms with Crippen molar-refractivity contribution < 1.29 is 28.4 Å². The summed E-state index contributed by atoms with van der Waals surface area (Å²) in [5.74, 6) is -2.32. The lowest BCUT2D eigenvalue weighted by atomic mass is 10.1. The molecule has 3 rings (SSSR count). The molecule has 1 heterocycles. The lowest BCUT2D eigenvalue weighted by Crippen LogP contribution is -2.36. The first-order valence-electron chi connectivity index (χ1n) is 8.53. The zero-order chi connectivity index (χ0) is 20.1. The molecule has 1 aliphatic heterocycles. The predicted molar refractivity (Wildman–Crippen MR) is 97.1 cm³/mol. The summed E-state index contributed by atoms with van der Waals surface area (Å²) < 4.78 is 23.7. The zero-order valence-electron chi connectivity index (χ0n) is 14.8. The fourth-order valence-corrected chi connectivity index (χ4v) is 2.85. The Hall–Kier alpha value is -3.33. The van der Waals surface area contributed by atoms with Crippen molar-refractivity contribution in [1.29, 1.82) is 0 Å². The number of nitro benzene ring substituents is 1. The molecule has 1 saturated heterocycles. The smallest absolute Gasteiger partial charge is 0.338 e. The van der Waals surface area contributed by atoms with Gasteiger partial charge in [0.15, 0.2) is 6.61 Å². The van der Waals surface area contributed by atoms with Gasteiger partial charge >= 0.3 is 5.97 Å². The van der Waals surface area contributed by atoms with Crippen LogP contribution in [-0.4, -0.2) is 49.6 Å². The first kappa shape index (κ1) is 19.4. The summed E-state index contributed by atoms with van der Waals surface area (Å²) in [5.41, 5.74) is -0.113. The van der Waals surface area contributed by atoms with E-state index in [1.54, 1.807) is 4.90 Å². The van der Waals surface area contributed by atoms with Crippen LogP contribution in [0.4, 0.5) is 15.8 Å². The third kappa shape index (κ3) is 4.32. The first-order chi connectivity index (χ1) is 13.5. The van der Waals surface area contributed by atoms with Gasteiger partial charge in [0.25, 0.3) is 5.69 Å². The Labute approximate surface area is 159 Å². The maximum atomic E-state index is 13.6. The topological polar surface area (TPSA) is 99.0 Å². The molecule has 1 fully saturated rings. The highest BCUT2D eigenvalue weighted by molar-refractivity contribution is 5.99. The van der Waals surface area contributed by atoms with Crippen molar-refractivity contribution in [2.24, 2.45) is 0 Å². The number of carbonyl (C=O) groups excluding carboxylic acids is 2. The van der Waals surface area contributed by atoms with Gasteiger partial charge in [0.1, 0.15) is 11.5 Å². The fourth-order valence-electron chi connectivity index (χ4n) is 2.85. The number of Topliss-reactive ketones (excluding diaryl/α,β-unsaturated/α-hetero) is 1. The quantitative estimate of drug-likeness (QED) is 0.325. The lowest BCUT2D eigenvalue weighted by molar-refractivity contribution is -0.384. The van der Waals surface area contributed by atoms with E-state index in [4.69, 9.17) is 9.47 Å². The van der Waals surface area contributed by atoms with Gasteiger partial charge in [-0.05, 0) is 24.3 Å². The summed E-state index contributed by atoms with van der Waals surface area (Å²) in [4.78, 5) is 36.9. The molecule has 0 bridgehead atoms. The molecule has 0 saturated carbocycles. The van der Waals surface area contributed by atoms with E-state index in [2.05, 4.69) is 0 Å². The highest BCUT2D eigenvalue weighted by atomic mass is 19.1. The number of esters is 1. The largest absolute Gasteiger partial charge is 0.454 e. The van der Waals surface area contributed by atoms with Crippen molar-refractivity contribution in [2.45, 2.75) is 0 Å². The molecule has 0 spiro atoms. The molecule has 0 amide bonds. The van der Waals surface area contributed by atoms with Crippen LogP contribution < -0.4 is 4.90 Å². The van der Waals surface area contributed by atoms with Gasteiger partial charge in [-0.25, -0.2) is 9.18 Å². The van der Waals surface area contributed by atoms with Crippen LogP contribution in [0.5, 0.6) is 0 Å². The van der Waals surface area contributed by atoms with Crippen LogP contribution in [0.25, 0.3) is 0 Å². The molecule has 1 aliphatic rings. The molecule has 2 aromatic carbocycles. The number of morpholine rings is 1. The van der Waals surface area contributed by atoms with Crippen LogP contribution in [0.3, 0.4) is 0 Å². The van der Waals surface area contributed by atoms with Crippen molar-refractivity contribution in [3.05, 3.63) is 69.5 Å². The molecule has 8 nitrogen and oxygen atoms in total. The van der Waals surface area contributed by atoms with Crippen molar-refractivity contribution in [1.82, 2.24) is 0 Å². The van der Waals surface area contributed by atoms with Crippen LogP contribution in [-0.2, 0) is 9.47 Å². The van der Waals surface area contributed by atoms with Gasteiger partial charge in [-0.3, -0.25) is 14.9 Å². The van der Waals surface area contributed by atoms with Crippen LogP contribution in [0.15, 0.2) is 42.5 Å². The average molecular weight is 388 g/mol. The van der Waals surface area contributed by atoms with E-state index in [1.807, 2.05) is 0 Å². The Morgan fingerprint density at radius 2 is 1.89 bits per heavy atom. The standard InChI is InChI=1S/C19H17FN2O6/c20-15-4-2-1-3-14(15)18(23)12-28-19(24)13-5-6-16(17(11-13)22(25)26)21-7-9-27-10-8-21/h1-6,11H,7-10,12H2. The fraction of sp³-hybridized carbons (Fsp3) is 0.263. The minimum absolute atomic E-state index is 0.0648. The molecule has 9 heteroatoms. The van der Waals surface area contributed by atoms with Gasteiger partial charge in [-0.15, -0.1) is 0 Å². The lowest BCUT2D eigenvalue weighted by Gasteiger charge is -2.28. The molecule has 0 aliphatic carbocycles. The molecule has 0 atom stereocenters. The average Bonchev–Trinajstić information content (AvgIpc) is 2.72. The molecule has 0 unspecified atom stereocenters. The number of benzene rings is 2. The van der Waals surface area contributed by atoms with Gasteiger partial charge < -0.3 is 14.4 Å². The second kappa shape index (κ2) is 8.57. The molecular formula is C19H17FN2O6. The van der Waals surface area contributed by atoms with Gasteiger partial charge in [0.2, 0.25) is 5.78 Å². The van der Waals surface area contributed by atoms with Crippen LogP contribution in [0.2, 0.25) is 0 Å². The Morgan fingerprint density at radius 3 is 2.57 bits per heavy atom. The van der Waals surface area contributed by atoms with Crippen LogP contribution in [0.1, 0.15) is 20.7 Å². The maximum Gasteiger partial charge on any atom is 0.338 e. The molecule has 28 heavy (non-hydrogen) atoms. The number of rotatable bonds is 6. The van der Waals surface area contributed by atoms with Gasteiger partial charge in [0.05, 0.1) is 29.3 Å². The highest BCUT2D eigenvalue weighted by Crippen LogP contribution is 2.30. The van der Waals surface area contributed by atoms with Crippen LogP contribution in [0, 0.1) is 15.9 Å². The SMILES string of the molecule is O=C(OCC(=O)c1ccccc1F)c1ccc(N2CCOCC2)c([N+](=O)[O-])c1. The first-order valence-corrected chi connectivity index (χ1v) is 8.53. The Bertz CT molecular complexity index is 911. The van der Waals surface area contributed by atoms with E-state index in [9.17, 15) is 24.1 Å². The third-order valence-corrected chi connectivity index (χ3v) is 4.27. The second-order valence-electron chi connectivity index (χ2n) is 6.04. The third-order valence-electron chi connectivity index (χ3n) is 4.27. The number of carbonyl (C=O) groups is 2. The number of hydrogen-bond acceptors (Lipinski definition) is 7. The number of nitrogens with zero attached hydrogens (tertiary/aromatic N) is 2. The minimum Gasteiger partial charge on any atom is -0.454 e. The molecule has 0 radical (unpaired) electrons. The molecule has 0 N–H and O–H groups in total. The van der Waals surface area contributed by atoms with Gasteiger partial charge in [0, 0.05) is 19.2 Å². The van der Waals surface area contributed by atoms with E-state index in [1.165, 1.54) is 30.3 Å².